The maximum absolute atomic E-state index is 8.80. The van der Waals surface area contributed by atoms with Gasteiger partial charge in [-0.05, 0) is 49.1 Å². The molecule has 0 saturated carbocycles. The van der Waals surface area contributed by atoms with Crippen LogP contribution in [0.1, 0.15) is 47.7 Å². The number of hydrogen-bond acceptors (Lipinski definition) is 4. The number of aliphatic hydroxyl groups excluding tert-OH is 1. The number of nitrogens with one attached hydrogen (secondary N) is 1. The monoisotopic (exact) mass is 372 g/mol. The second-order valence-electron chi connectivity index (χ2n) is 6.94. The summed E-state index contributed by atoms with van der Waals surface area (Å²) in [6.07, 6.45) is 7.60. The van der Waals surface area contributed by atoms with Crippen LogP contribution in [0, 0.1) is 11.8 Å². The van der Waals surface area contributed by atoms with Crippen LogP contribution < -0.4 is 5.32 Å². The van der Waals surface area contributed by atoms with Crippen molar-refractivity contribution in [2.45, 2.75) is 38.3 Å². The van der Waals surface area contributed by atoms with Gasteiger partial charge in [0.05, 0.1) is 18.5 Å². The summed E-state index contributed by atoms with van der Waals surface area (Å²) in [7, 11) is 0. The van der Waals surface area contributed by atoms with Crippen molar-refractivity contribution in [1.82, 2.24) is 20.1 Å². The molecule has 142 valence electrons. The highest BCUT2D eigenvalue weighted by Gasteiger charge is 2.24. The first kappa shape index (κ1) is 18.4. The fraction of sp³-hybridized carbons (Fsp3) is 0.304. The molecule has 5 heteroatoms. The van der Waals surface area contributed by atoms with Crippen LogP contribution in [0.15, 0.2) is 54.9 Å². The fourth-order valence-corrected chi connectivity index (χ4v) is 3.61. The van der Waals surface area contributed by atoms with Crippen molar-refractivity contribution in [3.63, 3.8) is 0 Å². The lowest BCUT2D eigenvalue weighted by atomic mass is 9.92. The van der Waals surface area contributed by atoms with Gasteiger partial charge in [0.15, 0.2) is 5.82 Å². The molecule has 0 aliphatic heterocycles. The summed E-state index contributed by atoms with van der Waals surface area (Å²) in [4.78, 5) is 4.44. The van der Waals surface area contributed by atoms with Gasteiger partial charge in [-0.15, -0.1) is 0 Å². The average Bonchev–Trinajstić information content (AvgIpc) is 3.19. The number of benzene rings is 1. The molecule has 2 heterocycles. The molecule has 1 aliphatic rings. The van der Waals surface area contributed by atoms with E-state index in [0.29, 0.717) is 12.5 Å². The maximum Gasteiger partial charge on any atom is 0.153 e. The summed E-state index contributed by atoms with van der Waals surface area (Å²) >= 11 is 0. The zero-order chi connectivity index (χ0) is 19.2. The molecule has 28 heavy (non-hydrogen) atoms. The molecule has 0 radical (unpaired) electrons. The highest BCUT2D eigenvalue weighted by molar-refractivity contribution is 5.36. The topological polar surface area (TPSA) is 63.0 Å². The minimum absolute atomic E-state index is 0.106. The minimum Gasteiger partial charge on any atom is -0.395 e. The molecule has 1 atom stereocenters. The predicted molar refractivity (Wildman–Crippen MR) is 109 cm³/mol. The quantitative estimate of drug-likeness (QED) is 0.676. The van der Waals surface area contributed by atoms with E-state index in [2.05, 4.69) is 39.4 Å². The molecule has 0 bridgehead atoms. The third-order valence-electron chi connectivity index (χ3n) is 5.03. The Kier molecular flexibility index (Phi) is 5.81. The summed E-state index contributed by atoms with van der Waals surface area (Å²) in [5, 5.41) is 17.1. The first-order chi connectivity index (χ1) is 13.8. The summed E-state index contributed by atoms with van der Waals surface area (Å²) in [6, 6.07) is 14.5. The zero-order valence-electron chi connectivity index (χ0n) is 15.8. The molecule has 0 spiro atoms. The molecule has 3 aromatic rings. The standard InChI is InChI=1S/C23H24N4O/c28-15-4-2-6-18-10-12-19(13-11-18)16-25-21-7-5-8-22-20(21)17-26-27(22)23-9-1-3-14-24-23/h1,3,9-14,17,21,25,28H,4-5,7-8,15-16H2/t21-/m0/s1. The Balaban J connectivity index is 1.44. The normalized spacial score (nSPS) is 15.5. The summed E-state index contributed by atoms with van der Waals surface area (Å²) in [5.74, 6) is 6.89. The van der Waals surface area contributed by atoms with Crippen LogP contribution in [0.4, 0.5) is 0 Å². The van der Waals surface area contributed by atoms with Crippen molar-refractivity contribution < 1.29 is 5.11 Å². The van der Waals surface area contributed by atoms with E-state index in [-0.39, 0.29) is 6.61 Å². The van der Waals surface area contributed by atoms with Crippen molar-refractivity contribution in [3.8, 4) is 17.7 Å². The van der Waals surface area contributed by atoms with Gasteiger partial charge in [0, 0.05) is 36.3 Å². The smallest absolute Gasteiger partial charge is 0.153 e. The van der Waals surface area contributed by atoms with Crippen molar-refractivity contribution in [3.05, 3.63) is 77.2 Å². The van der Waals surface area contributed by atoms with Gasteiger partial charge in [-0.1, -0.05) is 30.0 Å². The van der Waals surface area contributed by atoms with E-state index >= 15 is 0 Å². The largest absolute Gasteiger partial charge is 0.395 e. The van der Waals surface area contributed by atoms with Crippen LogP contribution in [0.2, 0.25) is 0 Å². The van der Waals surface area contributed by atoms with Crippen LogP contribution in [0.3, 0.4) is 0 Å². The lowest BCUT2D eigenvalue weighted by molar-refractivity contribution is 0.305. The molecule has 4 rings (SSSR count). The van der Waals surface area contributed by atoms with Crippen LogP contribution in [0.5, 0.6) is 0 Å². The highest BCUT2D eigenvalue weighted by Crippen LogP contribution is 2.31. The van der Waals surface area contributed by atoms with Gasteiger partial charge < -0.3 is 10.4 Å². The number of pyridine rings is 1. The Labute approximate surface area is 165 Å². The molecule has 2 aromatic heterocycles. The molecule has 1 aliphatic carbocycles. The Morgan fingerprint density at radius 3 is 2.86 bits per heavy atom. The summed E-state index contributed by atoms with van der Waals surface area (Å²) in [6.45, 7) is 0.915. The van der Waals surface area contributed by atoms with Gasteiger partial charge >= 0.3 is 0 Å². The predicted octanol–water partition coefficient (Wildman–Crippen LogP) is 3.17. The van der Waals surface area contributed by atoms with Gasteiger partial charge in [-0.25, -0.2) is 9.67 Å². The third kappa shape index (κ3) is 4.14. The van der Waals surface area contributed by atoms with E-state index in [9.17, 15) is 0 Å². The number of nitrogens with zero attached hydrogens (tertiary/aromatic N) is 3. The maximum atomic E-state index is 8.80. The Morgan fingerprint density at radius 2 is 2.07 bits per heavy atom. The van der Waals surface area contributed by atoms with E-state index in [1.54, 1.807) is 6.20 Å². The number of hydrogen-bond donors (Lipinski definition) is 2. The molecular weight excluding hydrogens is 348 g/mol. The number of aromatic nitrogens is 3. The van der Waals surface area contributed by atoms with E-state index in [0.717, 1.165) is 37.2 Å². The van der Waals surface area contributed by atoms with Gasteiger partial charge in [0.1, 0.15) is 0 Å². The van der Waals surface area contributed by atoms with Crippen LogP contribution in [-0.4, -0.2) is 26.5 Å². The van der Waals surface area contributed by atoms with Crippen LogP contribution in [-0.2, 0) is 13.0 Å². The molecule has 0 unspecified atom stereocenters. The molecule has 1 aromatic carbocycles. The van der Waals surface area contributed by atoms with Crippen molar-refractivity contribution in [2.75, 3.05) is 6.61 Å². The minimum atomic E-state index is 0.106. The molecule has 0 amide bonds. The first-order valence-corrected chi connectivity index (χ1v) is 9.75. The van der Waals surface area contributed by atoms with E-state index in [4.69, 9.17) is 5.11 Å². The molecule has 5 nitrogen and oxygen atoms in total. The van der Waals surface area contributed by atoms with Crippen LogP contribution >= 0.6 is 0 Å². The van der Waals surface area contributed by atoms with Crippen molar-refractivity contribution >= 4 is 0 Å². The van der Waals surface area contributed by atoms with E-state index < -0.39 is 0 Å². The molecule has 0 fully saturated rings. The van der Waals surface area contributed by atoms with Gasteiger partial charge in [0.2, 0.25) is 0 Å². The Morgan fingerprint density at radius 1 is 1.18 bits per heavy atom. The lowest BCUT2D eigenvalue weighted by Crippen LogP contribution is -2.25. The SMILES string of the molecule is OCCC#Cc1ccc(CN[C@H]2CCCc3c2cnn3-c2ccccn2)cc1. The van der Waals surface area contributed by atoms with Gasteiger partial charge in [-0.2, -0.15) is 5.10 Å². The molecule has 0 saturated heterocycles. The van der Waals surface area contributed by atoms with Gasteiger partial charge in [-0.3, -0.25) is 0 Å². The molecular formula is C23H24N4O. The molecule has 2 N–H and O–H groups in total. The Hall–Kier alpha value is -2.94. The summed E-state index contributed by atoms with van der Waals surface area (Å²) < 4.78 is 1.98. The van der Waals surface area contributed by atoms with Crippen LogP contribution in [0.25, 0.3) is 5.82 Å². The zero-order valence-corrected chi connectivity index (χ0v) is 15.8. The van der Waals surface area contributed by atoms with Crippen molar-refractivity contribution in [2.24, 2.45) is 0 Å². The number of fused-ring (bicyclic) bond motifs is 1. The third-order valence-corrected chi connectivity index (χ3v) is 5.03. The first-order valence-electron chi connectivity index (χ1n) is 9.75. The fourth-order valence-electron chi connectivity index (χ4n) is 3.61. The van der Waals surface area contributed by atoms with E-state index in [1.807, 2.05) is 41.2 Å². The Bertz CT molecular complexity index is 967. The van der Waals surface area contributed by atoms with Gasteiger partial charge in [0.25, 0.3) is 0 Å². The number of rotatable bonds is 5. The number of aliphatic hydroxyl groups is 1. The lowest BCUT2D eigenvalue weighted by Gasteiger charge is -2.24. The second kappa shape index (κ2) is 8.83. The highest BCUT2D eigenvalue weighted by atomic mass is 16.2. The van der Waals surface area contributed by atoms with E-state index in [1.165, 1.54) is 16.8 Å². The average molecular weight is 372 g/mol. The second-order valence-corrected chi connectivity index (χ2v) is 6.94. The summed E-state index contributed by atoms with van der Waals surface area (Å²) in [5.41, 5.74) is 4.76. The van der Waals surface area contributed by atoms with Crippen molar-refractivity contribution in [1.29, 1.82) is 0 Å².